The maximum absolute atomic E-state index is 12.3. The Bertz CT molecular complexity index is 548. The molecule has 0 spiro atoms. The van der Waals surface area contributed by atoms with Gasteiger partial charge in [-0.2, -0.15) is 13.2 Å². The van der Waals surface area contributed by atoms with E-state index in [2.05, 4.69) is 14.8 Å². The van der Waals surface area contributed by atoms with Crippen LogP contribution in [0.4, 0.5) is 18.9 Å². The minimum Gasteiger partial charge on any atom is -0.336 e. The van der Waals surface area contributed by atoms with Gasteiger partial charge >= 0.3 is 6.18 Å². The van der Waals surface area contributed by atoms with Gasteiger partial charge in [0.1, 0.15) is 11.3 Å². The van der Waals surface area contributed by atoms with Gasteiger partial charge in [0.25, 0.3) is 0 Å². The number of hydrogen-bond donors (Lipinski definition) is 1. The van der Waals surface area contributed by atoms with Crippen molar-refractivity contribution in [3.63, 3.8) is 0 Å². The van der Waals surface area contributed by atoms with Gasteiger partial charge in [-0.15, -0.1) is 0 Å². The number of hydrogen-bond acceptors (Lipinski definition) is 1. The summed E-state index contributed by atoms with van der Waals surface area (Å²) < 4.78 is 36.9. The van der Waals surface area contributed by atoms with Crippen molar-refractivity contribution in [3.05, 3.63) is 35.4 Å². The highest BCUT2D eigenvalue weighted by molar-refractivity contribution is 5.80. The lowest BCUT2D eigenvalue weighted by Crippen LogP contribution is -2.04. The van der Waals surface area contributed by atoms with E-state index in [1.54, 1.807) is 0 Å². The molecule has 2 aromatic heterocycles. The predicted octanol–water partition coefficient (Wildman–Crippen LogP) is 3.13. The number of pyridine rings is 1. The molecule has 0 bridgehead atoms. The third kappa shape index (κ3) is 1.64. The first-order chi connectivity index (χ1) is 7.00. The van der Waals surface area contributed by atoms with Crippen molar-refractivity contribution >= 4 is 16.7 Å². The Hall–Kier alpha value is -2.03. The molecule has 0 aliphatic rings. The van der Waals surface area contributed by atoms with Gasteiger partial charge in [0.05, 0.1) is 6.57 Å². The molecule has 6 heteroatoms. The van der Waals surface area contributed by atoms with Crippen LogP contribution in [0.3, 0.4) is 0 Å². The molecule has 2 rings (SSSR count). The van der Waals surface area contributed by atoms with Gasteiger partial charge in [0.2, 0.25) is 5.69 Å². The van der Waals surface area contributed by atoms with Crippen molar-refractivity contribution in [2.45, 2.75) is 6.18 Å². The lowest BCUT2D eigenvalue weighted by molar-refractivity contribution is -0.140. The highest BCUT2D eigenvalue weighted by Crippen LogP contribution is 2.31. The highest BCUT2D eigenvalue weighted by atomic mass is 19.4. The molecule has 0 atom stereocenters. The summed E-state index contributed by atoms with van der Waals surface area (Å²) in [5.41, 5.74) is -0.503. The molecule has 0 unspecified atom stereocenters. The molecule has 0 radical (unpaired) electrons. The first-order valence-electron chi connectivity index (χ1n) is 3.94. The van der Waals surface area contributed by atoms with Gasteiger partial charge in [-0.1, -0.05) is 0 Å². The number of rotatable bonds is 0. The molecule has 2 heterocycles. The fourth-order valence-corrected chi connectivity index (χ4v) is 1.22. The number of aromatic nitrogens is 2. The van der Waals surface area contributed by atoms with Crippen LogP contribution in [0, 0.1) is 6.57 Å². The molecule has 76 valence electrons. The van der Waals surface area contributed by atoms with E-state index >= 15 is 0 Å². The first kappa shape index (κ1) is 9.52. The molecule has 0 amide bonds. The van der Waals surface area contributed by atoms with Crippen LogP contribution >= 0.6 is 0 Å². The molecule has 0 fully saturated rings. The zero-order chi connectivity index (χ0) is 11.1. The minimum absolute atomic E-state index is 0.134. The van der Waals surface area contributed by atoms with E-state index in [9.17, 15) is 13.2 Å². The normalized spacial score (nSPS) is 11.6. The van der Waals surface area contributed by atoms with Gasteiger partial charge in [-0.05, 0) is 12.1 Å². The van der Waals surface area contributed by atoms with E-state index in [0.717, 1.165) is 6.07 Å². The first-order valence-corrected chi connectivity index (χ1v) is 3.94. The average molecular weight is 211 g/mol. The third-order valence-corrected chi connectivity index (χ3v) is 1.89. The SMILES string of the molecule is [C-]#[N+]c1cnc2[nH]c(C(F)(F)F)cc2c1. The smallest absolute Gasteiger partial charge is 0.336 e. The fourth-order valence-electron chi connectivity index (χ4n) is 1.22. The highest BCUT2D eigenvalue weighted by Gasteiger charge is 2.32. The maximum Gasteiger partial charge on any atom is 0.431 e. The Labute approximate surface area is 82.4 Å². The Balaban J connectivity index is 2.62. The molecule has 0 saturated heterocycles. The summed E-state index contributed by atoms with van der Waals surface area (Å²) in [6, 6.07) is 2.30. The second-order valence-electron chi connectivity index (χ2n) is 2.92. The average Bonchev–Trinajstić information content (AvgIpc) is 2.59. The predicted molar refractivity (Wildman–Crippen MR) is 47.4 cm³/mol. The number of alkyl halides is 3. The lowest BCUT2D eigenvalue weighted by Gasteiger charge is -2.00. The Kier molecular flexibility index (Phi) is 1.89. The number of nitrogens with one attached hydrogen (secondary N) is 1. The summed E-state index contributed by atoms with van der Waals surface area (Å²) >= 11 is 0. The quantitative estimate of drug-likeness (QED) is 0.667. The summed E-state index contributed by atoms with van der Waals surface area (Å²) in [7, 11) is 0. The van der Waals surface area contributed by atoms with Crippen molar-refractivity contribution in [1.29, 1.82) is 0 Å². The molecule has 0 aliphatic carbocycles. The van der Waals surface area contributed by atoms with E-state index in [0.29, 0.717) is 0 Å². The van der Waals surface area contributed by atoms with Gasteiger partial charge in [0.15, 0.2) is 0 Å². The molecule has 3 nitrogen and oxygen atoms in total. The van der Waals surface area contributed by atoms with Crippen molar-refractivity contribution in [2.24, 2.45) is 0 Å². The van der Waals surface area contributed by atoms with Gasteiger partial charge < -0.3 is 4.98 Å². The zero-order valence-electron chi connectivity index (χ0n) is 7.26. The van der Waals surface area contributed by atoms with E-state index in [4.69, 9.17) is 6.57 Å². The summed E-state index contributed by atoms with van der Waals surface area (Å²) in [5, 5.41) is 0.288. The lowest BCUT2D eigenvalue weighted by atomic mass is 10.3. The third-order valence-electron chi connectivity index (χ3n) is 1.89. The van der Waals surface area contributed by atoms with Crippen LogP contribution < -0.4 is 0 Å². The van der Waals surface area contributed by atoms with Crippen LogP contribution in [0.1, 0.15) is 5.69 Å². The Morgan fingerprint density at radius 1 is 1.33 bits per heavy atom. The molecular formula is C9H4F3N3. The maximum atomic E-state index is 12.3. The van der Waals surface area contributed by atoms with Crippen LogP contribution in [0.5, 0.6) is 0 Å². The van der Waals surface area contributed by atoms with Crippen LogP contribution in [0.15, 0.2) is 18.3 Å². The Morgan fingerprint density at radius 2 is 2.07 bits per heavy atom. The standard InChI is InChI=1S/C9H4F3N3/c1-13-6-2-5-3-7(9(10,11)12)15-8(5)14-4-6/h2-4H,(H,14,15). The molecule has 2 aromatic rings. The van der Waals surface area contributed by atoms with E-state index in [-0.39, 0.29) is 16.7 Å². The number of nitrogens with zero attached hydrogens (tertiary/aromatic N) is 2. The zero-order valence-corrected chi connectivity index (χ0v) is 7.26. The molecule has 0 aliphatic heterocycles. The van der Waals surface area contributed by atoms with Crippen molar-refractivity contribution in [1.82, 2.24) is 9.97 Å². The second kappa shape index (κ2) is 2.98. The molecule has 0 saturated carbocycles. The molecular weight excluding hydrogens is 207 g/mol. The summed E-state index contributed by atoms with van der Waals surface area (Å²) in [6.07, 6.45) is -3.19. The number of halogens is 3. The summed E-state index contributed by atoms with van der Waals surface area (Å²) in [6.45, 7) is 6.70. The number of H-pyrrole nitrogens is 1. The van der Waals surface area contributed by atoms with Crippen LogP contribution in [0.25, 0.3) is 15.9 Å². The van der Waals surface area contributed by atoms with Crippen LogP contribution in [0.2, 0.25) is 0 Å². The monoisotopic (exact) mass is 211 g/mol. The van der Waals surface area contributed by atoms with E-state index in [1.807, 2.05) is 0 Å². The van der Waals surface area contributed by atoms with E-state index in [1.165, 1.54) is 12.3 Å². The van der Waals surface area contributed by atoms with Crippen molar-refractivity contribution < 1.29 is 13.2 Å². The van der Waals surface area contributed by atoms with Crippen LogP contribution in [-0.4, -0.2) is 9.97 Å². The largest absolute Gasteiger partial charge is 0.431 e. The van der Waals surface area contributed by atoms with Crippen molar-refractivity contribution in [2.75, 3.05) is 0 Å². The molecule has 0 aromatic carbocycles. The van der Waals surface area contributed by atoms with Gasteiger partial charge in [0, 0.05) is 11.6 Å². The van der Waals surface area contributed by atoms with Crippen molar-refractivity contribution in [3.8, 4) is 0 Å². The fraction of sp³-hybridized carbons (Fsp3) is 0.111. The van der Waals surface area contributed by atoms with Crippen LogP contribution in [-0.2, 0) is 6.18 Å². The molecule has 15 heavy (non-hydrogen) atoms. The summed E-state index contributed by atoms with van der Waals surface area (Å²) in [5.74, 6) is 0. The number of fused-ring (bicyclic) bond motifs is 1. The van der Waals surface area contributed by atoms with E-state index < -0.39 is 11.9 Å². The van der Waals surface area contributed by atoms with Gasteiger partial charge in [-0.3, -0.25) is 4.98 Å². The number of aromatic amines is 1. The minimum atomic E-state index is -4.42. The summed E-state index contributed by atoms with van der Waals surface area (Å²) in [4.78, 5) is 8.95. The molecule has 1 N–H and O–H groups in total. The topological polar surface area (TPSA) is 33.0 Å². The second-order valence-corrected chi connectivity index (χ2v) is 2.92. The van der Waals surface area contributed by atoms with Gasteiger partial charge in [-0.25, -0.2) is 4.85 Å². The Morgan fingerprint density at radius 3 is 2.67 bits per heavy atom.